The van der Waals surface area contributed by atoms with Crippen LogP contribution in [0.5, 0.6) is 11.5 Å². The second-order valence-corrected chi connectivity index (χ2v) is 7.84. The molecule has 0 bridgehead atoms. The van der Waals surface area contributed by atoms with Gasteiger partial charge in [0.2, 0.25) is 0 Å². The van der Waals surface area contributed by atoms with Gasteiger partial charge in [-0.05, 0) is 75.4 Å². The largest absolute Gasteiger partial charge is 0.507 e. The van der Waals surface area contributed by atoms with E-state index in [2.05, 4.69) is 33.4 Å². The van der Waals surface area contributed by atoms with Gasteiger partial charge in [-0.15, -0.1) is 0 Å². The Morgan fingerprint density at radius 3 is 2.73 bits per heavy atom. The zero-order valence-electron chi connectivity index (χ0n) is 16.2. The van der Waals surface area contributed by atoms with E-state index in [0.717, 1.165) is 55.2 Å². The Labute approximate surface area is 162 Å². The Bertz CT molecular complexity index is 708. The minimum Gasteiger partial charge on any atom is -0.507 e. The first-order valence-electron chi connectivity index (χ1n) is 9.49. The SMILES string of the molecule is C=C(C)[C@@H]1CCC(C)=C[C@H]1c1c(O)cc(CCCCC)cc1OC(N)=S. The lowest BCUT2D eigenvalue weighted by atomic mass is 9.73. The molecule has 0 radical (unpaired) electrons. The van der Waals surface area contributed by atoms with Crippen molar-refractivity contribution >= 4 is 17.4 Å². The molecule has 142 valence electrons. The number of nitrogens with two attached hydrogens (primary N) is 1. The summed E-state index contributed by atoms with van der Waals surface area (Å²) in [5.74, 6) is 1.12. The number of phenolic OH excluding ortho intramolecular Hbond substituents is 1. The fourth-order valence-electron chi connectivity index (χ4n) is 3.82. The number of thiocarbonyl (C=S) groups is 1. The van der Waals surface area contributed by atoms with Crippen LogP contribution in [0.2, 0.25) is 0 Å². The Kier molecular flexibility index (Phi) is 7.27. The van der Waals surface area contributed by atoms with Gasteiger partial charge in [-0.25, -0.2) is 0 Å². The van der Waals surface area contributed by atoms with Crippen LogP contribution in [-0.4, -0.2) is 10.3 Å². The second-order valence-electron chi connectivity index (χ2n) is 7.44. The molecule has 0 spiro atoms. The minimum absolute atomic E-state index is 0.0234. The molecule has 0 saturated carbocycles. The summed E-state index contributed by atoms with van der Waals surface area (Å²) in [5.41, 5.74) is 9.92. The third-order valence-electron chi connectivity index (χ3n) is 5.17. The fourth-order valence-corrected chi connectivity index (χ4v) is 3.91. The van der Waals surface area contributed by atoms with Crippen LogP contribution in [0.4, 0.5) is 0 Å². The van der Waals surface area contributed by atoms with Gasteiger partial charge in [0.1, 0.15) is 11.5 Å². The second kappa shape index (κ2) is 9.22. The van der Waals surface area contributed by atoms with Crippen molar-refractivity contribution in [2.75, 3.05) is 0 Å². The fraction of sp³-hybridized carbons (Fsp3) is 0.500. The molecular weight excluding hydrogens is 342 g/mol. The number of rotatable bonds is 7. The number of benzene rings is 1. The lowest BCUT2D eigenvalue weighted by Crippen LogP contribution is -2.21. The van der Waals surface area contributed by atoms with Crippen molar-refractivity contribution in [1.82, 2.24) is 0 Å². The number of hydrogen-bond donors (Lipinski definition) is 2. The van der Waals surface area contributed by atoms with Crippen LogP contribution in [0.15, 0.2) is 35.9 Å². The number of ether oxygens (including phenoxy) is 1. The molecule has 2 rings (SSSR count). The molecule has 26 heavy (non-hydrogen) atoms. The molecule has 0 fully saturated rings. The van der Waals surface area contributed by atoms with E-state index < -0.39 is 0 Å². The Morgan fingerprint density at radius 2 is 2.12 bits per heavy atom. The highest BCUT2D eigenvalue weighted by Crippen LogP contribution is 2.47. The van der Waals surface area contributed by atoms with Crippen LogP contribution in [0, 0.1) is 5.92 Å². The average Bonchev–Trinajstić information content (AvgIpc) is 2.54. The van der Waals surface area contributed by atoms with E-state index in [-0.39, 0.29) is 22.8 Å². The first-order valence-corrected chi connectivity index (χ1v) is 9.90. The summed E-state index contributed by atoms with van der Waals surface area (Å²) < 4.78 is 5.68. The molecule has 0 heterocycles. The van der Waals surface area contributed by atoms with Gasteiger partial charge in [0.15, 0.2) is 0 Å². The molecule has 1 aromatic carbocycles. The van der Waals surface area contributed by atoms with Crippen molar-refractivity contribution in [1.29, 1.82) is 0 Å². The van der Waals surface area contributed by atoms with Crippen LogP contribution in [-0.2, 0) is 6.42 Å². The first-order chi connectivity index (χ1) is 12.3. The lowest BCUT2D eigenvalue weighted by molar-refractivity contribution is 0.422. The normalized spacial score (nSPS) is 19.7. The number of allylic oxidation sites excluding steroid dienone is 3. The highest BCUT2D eigenvalue weighted by molar-refractivity contribution is 7.80. The maximum Gasteiger partial charge on any atom is 0.259 e. The molecule has 0 aliphatic heterocycles. The molecule has 1 aromatic rings. The van der Waals surface area contributed by atoms with E-state index >= 15 is 0 Å². The van der Waals surface area contributed by atoms with Gasteiger partial charge in [0, 0.05) is 11.5 Å². The van der Waals surface area contributed by atoms with E-state index in [0.29, 0.717) is 5.75 Å². The van der Waals surface area contributed by atoms with Gasteiger partial charge in [-0.2, -0.15) is 0 Å². The Balaban J connectivity index is 2.49. The molecule has 0 amide bonds. The van der Waals surface area contributed by atoms with Gasteiger partial charge >= 0.3 is 0 Å². The van der Waals surface area contributed by atoms with Crippen LogP contribution >= 0.6 is 12.2 Å². The third-order valence-corrected chi connectivity index (χ3v) is 5.26. The number of aryl methyl sites for hydroxylation is 1. The van der Waals surface area contributed by atoms with Crippen molar-refractivity contribution in [3.63, 3.8) is 0 Å². The molecule has 1 aliphatic carbocycles. The third kappa shape index (κ3) is 5.10. The number of unbranched alkanes of at least 4 members (excludes halogenated alkanes) is 2. The standard InChI is InChI=1S/C22H31NO2S/c1-5-6-7-8-16-12-19(24)21(20(13-16)25-22(23)26)18-11-15(4)9-10-17(18)14(2)3/h11-13,17-18,24H,2,5-10H2,1,3-4H3,(H2,23,26)/t17-,18+/m0/s1. The summed E-state index contributed by atoms with van der Waals surface area (Å²) in [7, 11) is 0. The van der Waals surface area contributed by atoms with Crippen LogP contribution < -0.4 is 10.5 Å². The smallest absolute Gasteiger partial charge is 0.259 e. The molecular formula is C22H31NO2S. The summed E-state index contributed by atoms with van der Waals surface area (Å²) in [4.78, 5) is 0. The van der Waals surface area contributed by atoms with Crippen molar-refractivity contribution in [3.05, 3.63) is 47.1 Å². The summed E-state index contributed by atoms with van der Waals surface area (Å²) in [6.07, 6.45) is 8.60. The van der Waals surface area contributed by atoms with Gasteiger partial charge < -0.3 is 15.6 Å². The molecule has 0 saturated heterocycles. The van der Waals surface area contributed by atoms with Crippen molar-refractivity contribution in [2.24, 2.45) is 11.7 Å². The number of phenols is 1. The molecule has 2 atom stereocenters. The van der Waals surface area contributed by atoms with Crippen molar-refractivity contribution < 1.29 is 9.84 Å². The van der Waals surface area contributed by atoms with Crippen molar-refractivity contribution in [2.45, 2.75) is 65.2 Å². The maximum absolute atomic E-state index is 10.9. The molecule has 4 heteroatoms. The lowest BCUT2D eigenvalue weighted by Gasteiger charge is -2.32. The molecule has 3 nitrogen and oxygen atoms in total. The summed E-state index contributed by atoms with van der Waals surface area (Å²) in [6, 6.07) is 3.85. The zero-order chi connectivity index (χ0) is 19.3. The predicted molar refractivity (Wildman–Crippen MR) is 113 cm³/mol. The zero-order valence-corrected chi connectivity index (χ0v) is 17.0. The average molecular weight is 374 g/mol. The van der Waals surface area contributed by atoms with Crippen LogP contribution in [0.1, 0.15) is 69.9 Å². The van der Waals surface area contributed by atoms with Gasteiger partial charge in [-0.3, -0.25) is 0 Å². The topological polar surface area (TPSA) is 55.5 Å². The summed E-state index contributed by atoms with van der Waals surface area (Å²) >= 11 is 4.98. The predicted octanol–water partition coefficient (Wildman–Crippen LogP) is 5.76. The molecule has 1 aliphatic rings. The van der Waals surface area contributed by atoms with E-state index in [1.54, 1.807) is 0 Å². The first kappa shape index (κ1) is 20.5. The molecule has 3 N–H and O–H groups in total. The minimum atomic E-state index is -0.0280. The Morgan fingerprint density at radius 1 is 1.38 bits per heavy atom. The van der Waals surface area contributed by atoms with E-state index in [9.17, 15) is 5.11 Å². The van der Waals surface area contributed by atoms with Crippen molar-refractivity contribution in [3.8, 4) is 11.5 Å². The van der Waals surface area contributed by atoms with Crippen LogP contribution in [0.3, 0.4) is 0 Å². The summed E-state index contributed by atoms with van der Waals surface area (Å²) in [5, 5.41) is 10.8. The number of aromatic hydroxyl groups is 1. The van der Waals surface area contributed by atoms with Crippen LogP contribution in [0.25, 0.3) is 0 Å². The van der Waals surface area contributed by atoms with E-state index in [1.165, 1.54) is 5.57 Å². The summed E-state index contributed by atoms with van der Waals surface area (Å²) in [6.45, 7) is 10.5. The number of hydrogen-bond acceptors (Lipinski definition) is 3. The quantitative estimate of drug-likeness (QED) is 0.362. The monoisotopic (exact) mass is 373 g/mol. The Hall–Kier alpha value is -1.81. The van der Waals surface area contributed by atoms with Gasteiger partial charge in [-0.1, -0.05) is 43.6 Å². The molecule has 0 aromatic heterocycles. The van der Waals surface area contributed by atoms with E-state index in [1.807, 2.05) is 12.1 Å². The van der Waals surface area contributed by atoms with Gasteiger partial charge in [0.25, 0.3) is 5.17 Å². The van der Waals surface area contributed by atoms with Gasteiger partial charge in [0.05, 0.1) is 0 Å². The highest BCUT2D eigenvalue weighted by Gasteiger charge is 2.30. The van der Waals surface area contributed by atoms with E-state index in [4.69, 9.17) is 22.7 Å². The highest BCUT2D eigenvalue weighted by atomic mass is 32.1. The molecule has 0 unspecified atom stereocenters. The maximum atomic E-state index is 10.9.